The van der Waals surface area contributed by atoms with Crippen molar-refractivity contribution in [3.63, 3.8) is 0 Å². The van der Waals surface area contributed by atoms with E-state index >= 15 is 0 Å². The Hall–Kier alpha value is -2.09. The predicted octanol–water partition coefficient (Wildman–Crippen LogP) is 3.06. The lowest BCUT2D eigenvalue weighted by Crippen LogP contribution is -2.00. The zero-order valence-electron chi connectivity index (χ0n) is 8.01. The molecule has 0 saturated carbocycles. The molecule has 2 rings (SSSR count). The van der Waals surface area contributed by atoms with Gasteiger partial charge in [-0.2, -0.15) is 0 Å². The largest absolute Gasteiger partial charge is 0.289 e. The maximum atomic E-state index is 11.9. The third kappa shape index (κ3) is 1.89. The van der Waals surface area contributed by atoms with Crippen LogP contribution in [0.4, 0.5) is 0 Å². The topological polar surface area (TPSA) is 37.0 Å². The van der Waals surface area contributed by atoms with Crippen LogP contribution in [0.1, 0.15) is 15.9 Å². The molecule has 1 radical (unpaired) electrons. The fourth-order valence-electron chi connectivity index (χ4n) is 1.40. The standard InChI is InChI=1S/C13H9O2/c14-12-9-5-4-8-11(12)13(15)10-6-2-1-3-7-10/h1-9H. The van der Waals surface area contributed by atoms with Gasteiger partial charge in [-0.1, -0.05) is 42.5 Å². The summed E-state index contributed by atoms with van der Waals surface area (Å²) in [6.45, 7) is 0. The highest BCUT2D eigenvalue weighted by Gasteiger charge is 2.12. The van der Waals surface area contributed by atoms with Gasteiger partial charge in [0, 0.05) is 5.56 Å². The van der Waals surface area contributed by atoms with E-state index in [1.807, 2.05) is 6.07 Å². The van der Waals surface area contributed by atoms with Crippen molar-refractivity contribution < 1.29 is 9.90 Å². The Balaban J connectivity index is 2.42. The molecule has 0 heterocycles. The lowest BCUT2D eigenvalue weighted by Gasteiger charge is -2.00. The first-order chi connectivity index (χ1) is 7.29. The predicted molar refractivity (Wildman–Crippen MR) is 56.4 cm³/mol. The van der Waals surface area contributed by atoms with Crippen LogP contribution in [0.3, 0.4) is 0 Å². The van der Waals surface area contributed by atoms with E-state index in [9.17, 15) is 9.90 Å². The summed E-state index contributed by atoms with van der Waals surface area (Å²) in [6.07, 6.45) is 0. The molecule has 73 valence electrons. The highest BCUT2D eigenvalue weighted by molar-refractivity contribution is 6.10. The maximum absolute atomic E-state index is 11.9. The number of hydrogen-bond donors (Lipinski definition) is 0. The van der Waals surface area contributed by atoms with Crippen molar-refractivity contribution in [2.45, 2.75) is 0 Å². The summed E-state index contributed by atoms with van der Waals surface area (Å²) < 4.78 is 0. The molecular formula is C13H9O2. The molecule has 2 aromatic rings. The van der Waals surface area contributed by atoms with E-state index in [1.165, 1.54) is 6.07 Å². The molecule has 0 fully saturated rings. The molecule has 0 aliphatic rings. The number of rotatable bonds is 2. The number of carbonyl (C=O) groups is 1. The van der Waals surface area contributed by atoms with Crippen molar-refractivity contribution >= 4 is 5.78 Å². The van der Waals surface area contributed by atoms with E-state index in [4.69, 9.17) is 0 Å². The van der Waals surface area contributed by atoms with Gasteiger partial charge in [-0.25, -0.2) is 0 Å². The molecule has 2 nitrogen and oxygen atoms in total. The SMILES string of the molecule is [O]c1ccccc1C(=O)c1ccccc1. The number of para-hydroxylation sites is 1. The zero-order valence-corrected chi connectivity index (χ0v) is 8.01. The van der Waals surface area contributed by atoms with Crippen LogP contribution in [0.2, 0.25) is 0 Å². The van der Waals surface area contributed by atoms with E-state index in [0.29, 0.717) is 5.56 Å². The average molecular weight is 197 g/mol. The average Bonchev–Trinajstić information content (AvgIpc) is 2.30. The maximum Gasteiger partial charge on any atom is 0.196 e. The second-order valence-corrected chi connectivity index (χ2v) is 3.19. The summed E-state index contributed by atoms with van der Waals surface area (Å²) in [5.74, 6) is -0.451. The van der Waals surface area contributed by atoms with Crippen molar-refractivity contribution in [1.29, 1.82) is 0 Å². The number of ketones is 1. The van der Waals surface area contributed by atoms with Crippen molar-refractivity contribution in [1.82, 2.24) is 0 Å². The molecule has 0 atom stereocenters. The van der Waals surface area contributed by atoms with Crippen LogP contribution in [-0.4, -0.2) is 5.78 Å². The summed E-state index contributed by atoms with van der Waals surface area (Å²) in [5.41, 5.74) is 0.768. The first-order valence-corrected chi connectivity index (χ1v) is 4.65. The minimum atomic E-state index is -0.230. The molecule has 0 bridgehead atoms. The summed E-state index contributed by atoms with van der Waals surface area (Å²) in [5, 5.41) is 11.4. The fraction of sp³-hybridized carbons (Fsp3) is 0. The van der Waals surface area contributed by atoms with Crippen molar-refractivity contribution in [3.8, 4) is 5.75 Å². The van der Waals surface area contributed by atoms with E-state index < -0.39 is 0 Å². The van der Waals surface area contributed by atoms with Crippen molar-refractivity contribution in [3.05, 3.63) is 65.7 Å². The van der Waals surface area contributed by atoms with Gasteiger partial charge in [-0.05, 0) is 12.1 Å². The molecule has 0 unspecified atom stereocenters. The highest BCUT2D eigenvalue weighted by Crippen LogP contribution is 2.20. The molecule has 2 aromatic carbocycles. The molecule has 0 spiro atoms. The van der Waals surface area contributed by atoms with Gasteiger partial charge in [0.1, 0.15) is 0 Å². The van der Waals surface area contributed by atoms with Crippen LogP contribution < -0.4 is 0 Å². The van der Waals surface area contributed by atoms with Gasteiger partial charge in [0.05, 0.1) is 5.56 Å². The van der Waals surface area contributed by atoms with Crippen LogP contribution in [-0.2, 0) is 5.11 Å². The second-order valence-electron chi connectivity index (χ2n) is 3.19. The normalized spacial score (nSPS) is 9.87. The third-order valence-electron chi connectivity index (χ3n) is 2.17. The molecule has 0 aliphatic carbocycles. The van der Waals surface area contributed by atoms with Crippen LogP contribution in [0, 0.1) is 0 Å². The molecule has 0 amide bonds. The van der Waals surface area contributed by atoms with Gasteiger partial charge >= 0.3 is 0 Å². The fourth-order valence-corrected chi connectivity index (χ4v) is 1.40. The van der Waals surface area contributed by atoms with Crippen LogP contribution >= 0.6 is 0 Å². The van der Waals surface area contributed by atoms with Gasteiger partial charge < -0.3 is 0 Å². The molecule has 0 aliphatic heterocycles. The van der Waals surface area contributed by atoms with Crippen LogP contribution in [0.15, 0.2) is 54.6 Å². The molecule has 15 heavy (non-hydrogen) atoms. The van der Waals surface area contributed by atoms with Crippen molar-refractivity contribution in [2.75, 3.05) is 0 Å². The van der Waals surface area contributed by atoms with E-state index in [-0.39, 0.29) is 17.1 Å². The minimum absolute atomic E-state index is 0.221. The monoisotopic (exact) mass is 197 g/mol. The molecule has 0 N–H and O–H groups in total. The van der Waals surface area contributed by atoms with Gasteiger partial charge in [-0.3, -0.25) is 9.90 Å². The molecular weight excluding hydrogens is 188 g/mol. The quantitative estimate of drug-likeness (QED) is 0.681. The summed E-state index contributed by atoms with van der Waals surface area (Å²) in [6, 6.07) is 15.1. The van der Waals surface area contributed by atoms with E-state index in [1.54, 1.807) is 42.5 Å². The lowest BCUT2D eigenvalue weighted by molar-refractivity contribution is 0.103. The number of carbonyl (C=O) groups excluding carboxylic acids is 1. The Morgan fingerprint density at radius 2 is 1.40 bits per heavy atom. The van der Waals surface area contributed by atoms with Gasteiger partial charge in [0.2, 0.25) is 0 Å². The van der Waals surface area contributed by atoms with E-state index in [2.05, 4.69) is 0 Å². The van der Waals surface area contributed by atoms with Gasteiger partial charge in [0.15, 0.2) is 11.5 Å². The summed E-state index contributed by atoms with van der Waals surface area (Å²) in [4.78, 5) is 11.9. The third-order valence-corrected chi connectivity index (χ3v) is 2.17. The first-order valence-electron chi connectivity index (χ1n) is 4.65. The number of benzene rings is 2. The second kappa shape index (κ2) is 3.96. The van der Waals surface area contributed by atoms with Gasteiger partial charge in [-0.15, -0.1) is 0 Å². The Morgan fingerprint density at radius 3 is 2.07 bits per heavy atom. The van der Waals surface area contributed by atoms with Gasteiger partial charge in [0.25, 0.3) is 0 Å². The minimum Gasteiger partial charge on any atom is -0.289 e. The van der Waals surface area contributed by atoms with E-state index in [0.717, 1.165) is 0 Å². The molecule has 0 saturated heterocycles. The van der Waals surface area contributed by atoms with Crippen molar-refractivity contribution in [2.24, 2.45) is 0 Å². The Morgan fingerprint density at radius 1 is 0.800 bits per heavy atom. The highest BCUT2D eigenvalue weighted by atomic mass is 16.3. The zero-order chi connectivity index (χ0) is 10.7. The molecule has 0 aromatic heterocycles. The Kier molecular flexibility index (Phi) is 2.50. The molecule has 2 heteroatoms. The lowest BCUT2D eigenvalue weighted by atomic mass is 10.0. The van der Waals surface area contributed by atoms with Crippen LogP contribution in [0.25, 0.3) is 0 Å². The summed E-state index contributed by atoms with van der Waals surface area (Å²) in [7, 11) is 0. The Bertz CT molecular complexity index is 475. The number of hydrogen-bond acceptors (Lipinski definition) is 1. The smallest absolute Gasteiger partial charge is 0.196 e. The van der Waals surface area contributed by atoms with Crippen LogP contribution in [0.5, 0.6) is 5.75 Å². The summed E-state index contributed by atoms with van der Waals surface area (Å²) >= 11 is 0. The first kappa shape index (κ1) is 9.46. The Labute approximate surface area is 87.8 Å².